The molecule has 0 bridgehead atoms. The molecule has 3 N–H and O–H groups in total. The van der Waals surface area contributed by atoms with Crippen LogP contribution in [0.5, 0.6) is 0 Å². The van der Waals surface area contributed by atoms with Crippen molar-refractivity contribution in [3.05, 3.63) is 71.6 Å². The SMILES string of the molecule is O=C(C=Cc1ccc(F)cc1)NC(=S)Nc1ccccc1C(=O)NCC1CCCO1. The monoisotopic (exact) mass is 427 g/mol. The molecule has 6 nitrogen and oxygen atoms in total. The van der Waals surface area contributed by atoms with Gasteiger partial charge in [-0.2, -0.15) is 0 Å². The lowest BCUT2D eigenvalue weighted by atomic mass is 10.1. The number of carbonyl (C=O) groups is 2. The Morgan fingerprint density at radius 3 is 2.67 bits per heavy atom. The number of para-hydroxylation sites is 1. The number of anilines is 1. The van der Waals surface area contributed by atoms with Crippen molar-refractivity contribution in [3.8, 4) is 0 Å². The topological polar surface area (TPSA) is 79.5 Å². The second kappa shape index (κ2) is 10.6. The number of nitrogens with one attached hydrogen (secondary N) is 3. The van der Waals surface area contributed by atoms with Crippen LogP contribution in [-0.2, 0) is 9.53 Å². The van der Waals surface area contributed by atoms with Gasteiger partial charge in [-0.25, -0.2) is 4.39 Å². The van der Waals surface area contributed by atoms with Crippen LogP contribution in [-0.4, -0.2) is 36.2 Å². The average molecular weight is 428 g/mol. The largest absolute Gasteiger partial charge is 0.376 e. The zero-order valence-corrected chi connectivity index (χ0v) is 17.0. The molecule has 156 valence electrons. The molecule has 2 aromatic carbocycles. The first-order valence-electron chi connectivity index (χ1n) is 9.56. The number of thiocarbonyl (C=S) groups is 1. The number of halogens is 1. The summed E-state index contributed by atoms with van der Waals surface area (Å²) in [7, 11) is 0. The van der Waals surface area contributed by atoms with Crippen LogP contribution in [0, 0.1) is 5.82 Å². The fourth-order valence-corrected chi connectivity index (χ4v) is 3.16. The van der Waals surface area contributed by atoms with Gasteiger partial charge in [0.15, 0.2) is 5.11 Å². The Kier molecular flexibility index (Phi) is 7.64. The number of carbonyl (C=O) groups excluding carboxylic acids is 2. The summed E-state index contributed by atoms with van der Waals surface area (Å²) < 4.78 is 18.4. The zero-order valence-electron chi connectivity index (χ0n) is 16.2. The summed E-state index contributed by atoms with van der Waals surface area (Å²) in [4.78, 5) is 24.6. The van der Waals surface area contributed by atoms with Gasteiger partial charge < -0.3 is 15.4 Å². The molecule has 1 aliphatic rings. The van der Waals surface area contributed by atoms with E-state index in [9.17, 15) is 14.0 Å². The molecule has 0 spiro atoms. The molecular weight excluding hydrogens is 405 g/mol. The van der Waals surface area contributed by atoms with Crippen LogP contribution in [0.15, 0.2) is 54.6 Å². The maximum absolute atomic E-state index is 12.9. The number of ether oxygens (including phenoxy) is 1. The van der Waals surface area contributed by atoms with E-state index in [1.807, 2.05) is 0 Å². The quantitative estimate of drug-likeness (QED) is 0.487. The van der Waals surface area contributed by atoms with E-state index in [1.165, 1.54) is 18.2 Å². The van der Waals surface area contributed by atoms with Crippen LogP contribution in [0.2, 0.25) is 0 Å². The lowest BCUT2D eigenvalue weighted by Gasteiger charge is -2.14. The number of amides is 2. The van der Waals surface area contributed by atoms with Gasteiger partial charge in [0.2, 0.25) is 5.91 Å². The van der Waals surface area contributed by atoms with Crippen molar-refractivity contribution in [1.82, 2.24) is 10.6 Å². The smallest absolute Gasteiger partial charge is 0.253 e. The van der Waals surface area contributed by atoms with Gasteiger partial charge in [-0.15, -0.1) is 0 Å². The van der Waals surface area contributed by atoms with Crippen molar-refractivity contribution < 1.29 is 18.7 Å². The fraction of sp³-hybridized carbons (Fsp3) is 0.227. The summed E-state index contributed by atoms with van der Waals surface area (Å²) in [6.45, 7) is 1.17. The van der Waals surface area contributed by atoms with E-state index in [1.54, 1.807) is 42.5 Å². The van der Waals surface area contributed by atoms with Gasteiger partial charge in [-0.05, 0) is 61.0 Å². The fourth-order valence-electron chi connectivity index (χ4n) is 2.95. The molecule has 3 rings (SSSR count). The lowest BCUT2D eigenvalue weighted by molar-refractivity contribution is -0.115. The van der Waals surface area contributed by atoms with Gasteiger partial charge in [0.1, 0.15) is 5.82 Å². The first kappa shape index (κ1) is 21.6. The van der Waals surface area contributed by atoms with E-state index in [0.717, 1.165) is 19.4 Å². The number of benzene rings is 2. The molecule has 2 aromatic rings. The van der Waals surface area contributed by atoms with Gasteiger partial charge in [-0.3, -0.25) is 14.9 Å². The predicted octanol–water partition coefficient (Wildman–Crippen LogP) is 3.26. The normalized spacial score (nSPS) is 15.7. The van der Waals surface area contributed by atoms with E-state index in [-0.39, 0.29) is 22.9 Å². The van der Waals surface area contributed by atoms with Gasteiger partial charge in [0.25, 0.3) is 5.91 Å². The van der Waals surface area contributed by atoms with Crippen LogP contribution >= 0.6 is 12.2 Å². The minimum Gasteiger partial charge on any atom is -0.376 e. The van der Waals surface area contributed by atoms with Gasteiger partial charge in [0.05, 0.1) is 17.4 Å². The van der Waals surface area contributed by atoms with Crippen molar-refractivity contribution in [2.24, 2.45) is 0 Å². The summed E-state index contributed by atoms with van der Waals surface area (Å²) in [6.07, 6.45) is 4.82. The molecule has 0 radical (unpaired) electrons. The lowest BCUT2D eigenvalue weighted by Crippen LogP contribution is -2.35. The van der Waals surface area contributed by atoms with Crippen LogP contribution in [0.25, 0.3) is 6.08 Å². The molecule has 8 heteroatoms. The predicted molar refractivity (Wildman–Crippen MR) is 118 cm³/mol. The third-order valence-electron chi connectivity index (χ3n) is 4.47. The van der Waals surface area contributed by atoms with Crippen LogP contribution in [0.1, 0.15) is 28.8 Å². The molecule has 0 aromatic heterocycles. The second-order valence-electron chi connectivity index (χ2n) is 6.72. The van der Waals surface area contributed by atoms with Gasteiger partial charge >= 0.3 is 0 Å². The molecular formula is C22H22FN3O3S. The van der Waals surface area contributed by atoms with Gasteiger partial charge in [0, 0.05) is 19.2 Å². The summed E-state index contributed by atoms with van der Waals surface area (Å²) in [5.74, 6) is -1.04. The average Bonchev–Trinajstić information content (AvgIpc) is 3.25. The Morgan fingerprint density at radius 1 is 1.17 bits per heavy atom. The highest BCUT2D eigenvalue weighted by atomic mass is 32.1. The highest BCUT2D eigenvalue weighted by Crippen LogP contribution is 2.16. The standard InChI is InChI=1S/C22H22FN3O3S/c23-16-10-7-15(8-11-16)9-12-20(27)26-22(30)25-19-6-2-1-5-18(19)21(28)24-14-17-4-3-13-29-17/h1-2,5-12,17H,3-4,13-14H2,(H,24,28)(H2,25,26,27,30). The van der Waals surface area contributed by atoms with Crippen LogP contribution in [0.4, 0.5) is 10.1 Å². The molecule has 1 fully saturated rings. The van der Waals surface area contributed by atoms with Crippen LogP contribution < -0.4 is 16.0 Å². The Hall–Kier alpha value is -3.10. The highest BCUT2D eigenvalue weighted by Gasteiger charge is 2.18. The maximum atomic E-state index is 12.9. The van der Waals surface area contributed by atoms with Crippen molar-refractivity contribution in [3.63, 3.8) is 0 Å². The molecule has 1 heterocycles. The first-order chi connectivity index (χ1) is 14.5. The van der Waals surface area contributed by atoms with E-state index in [0.29, 0.717) is 23.4 Å². The molecule has 1 atom stereocenters. The highest BCUT2D eigenvalue weighted by molar-refractivity contribution is 7.80. The third-order valence-corrected chi connectivity index (χ3v) is 4.67. The number of hydrogen-bond donors (Lipinski definition) is 3. The van der Waals surface area contributed by atoms with E-state index >= 15 is 0 Å². The Bertz CT molecular complexity index is 941. The molecule has 30 heavy (non-hydrogen) atoms. The van der Waals surface area contributed by atoms with E-state index < -0.39 is 5.91 Å². The minimum absolute atomic E-state index is 0.0438. The summed E-state index contributed by atoms with van der Waals surface area (Å²) in [5.41, 5.74) is 1.57. The van der Waals surface area contributed by atoms with Crippen molar-refractivity contribution in [1.29, 1.82) is 0 Å². The van der Waals surface area contributed by atoms with Gasteiger partial charge in [-0.1, -0.05) is 24.3 Å². The zero-order chi connectivity index (χ0) is 21.3. The summed E-state index contributed by atoms with van der Waals surface area (Å²) in [6, 6.07) is 12.6. The first-order valence-corrected chi connectivity index (χ1v) is 9.96. The molecule has 1 unspecified atom stereocenters. The molecule has 2 amide bonds. The van der Waals surface area contributed by atoms with E-state index in [2.05, 4.69) is 16.0 Å². The van der Waals surface area contributed by atoms with E-state index in [4.69, 9.17) is 17.0 Å². The molecule has 0 saturated carbocycles. The Balaban J connectivity index is 1.54. The molecule has 1 aliphatic heterocycles. The number of hydrogen-bond acceptors (Lipinski definition) is 4. The van der Waals surface area contributed by atoms with Crippen LogP contribution in [0.3, 0.4) is 0 Å². The van der Waals surface area contributed by atoms with Crippen molar-refractivity contribution in [2.45, 2.75) is 18.9 Å². The third kappa shape index (κ3) is 6.47. The van der Waals surface area contributed by atoms with Crippen molar-refractivity contribution in [2.75, 3.05) is 18.5 Å². The molecule has 1 saturated heterocycles. The second-order valence-corrected chi connectivity index (χ2v) is 7.13. The van der Waals surface area contributed by atoms with Crippen molar-refractivity contribution >= 4 is 40.9 Å². The Labute approximate surface area is 179 Å². The number of rotatable bonds is 6. The summed E-state index contributed by atoms with van der Waals surface area (Å²) >= 11 is 5.18. The summed E-state index contributed by atoms with van der Waals surface area (Å²) in [5, 5.41) is 8.33. The molecule has 0 aliphatic carbocycles. The minimum atomic E-state index is -0.447. The maximum Gasteiger partial charge on any atom is 0.253 e. The Morgan fingerprint density at radius 2 is 1.93 bits per heavy atom.